The Morgan fingerprint density at radius 1 is 0.780 bits per heavy atom. The molecule has 206 valence electrons. The summed E-state index contributed by atoms with van der Waals surface area (Å²) in [6.07, 6.45) is 0.774. The summed E-state index contributed by atoms with van der Waals surface area (Å²) in [5, 5.41) is 6.11. The summed E-state index contributed by atoms with van der Waals surface area (Å²) in [5.74, 6) is 1.13. The quantitative estimate of drug-likeness (QED) is 0.142. The minimum atomic E-state index is -0.787. The zero-order chi connectivity index (χ0) is 28.4. The molecule has 1 atom stereocenters. The zero-order valence-corrected chi connectivity index (χ0v) is 22.5. The van der Waals surface area contributed by atoms with Crippen LogP contribution in [0.3, 0.4) is 0 Å². The van der Waals surface area contributed by atoms with Crippen molar-refractivity contribution in [1.29, 1.82) is 0 Å². The van der Waals surface area contributed by atoms with Gasteiger partial charge >= 0.3 is 0 Å². The van der Waals surface area contributed by atoms with E-state index in [1.807, 2.05) is 66.7 Å². The first-order chi connectivity index (χ1) is 20.0. The topological polar surface area (TPSA) is 69.2 Å². The third-order valence-corrected chi connectivity index (χ3v) is 6.36. The first kappa shape index (κ1) is 27.4. The Morgan fingerprint density at radius 3 is 2.22 bits per heavy atom. The van der Waals surface area contributed by atoms with Gasteiger partial charge in [0.25, 0.3) is 5.91 Å². The molecule has 1 N–H and O–H groups in total. The molecule has 0 saturated carbocycles. The fourth-order valence-corrected chi connectivity index (χ4v) is 4.14. The summed E-state index contributed by atoms with van der Waals surface area (Å²) in [6, 6.07) is 34.8. The lowest BCUT2D eigenvalue weighted by molar-refractivity contribution is -0.127. The van der Waals surface area contributed by atoms with E-state index >= 15 is 0 Å². The fourth-order valence-electron chi connectivity index (χ4n) is 4.14. The number of hydrogen-bond donors (Lipinski definition) is 1. The Labute approximate surface area is 238 Å². The molecule has 0 aliphatic heterocycles. The number of carbonyl (C=O) groups is 1. The second-order valence-electron chi connectivity index (χ2n) is 9.35. The molecule has 6 nitrogen and oxygen atoms in total. The van der Waals surface area contributed by atoms with Crippen LogP contribution in [0.25, 0.3) is 10.8 Å². The lowest BCUT2D eigenvalue weighted by atomic mass is 10.0. The molecule has 0 aliphatic rings. The summed E-state index contributed by atoms with van der Waals surface area (Å²) in [6.45, 7) is 2.38. The molecule has 5 rings (SSSR count). The normalized spacial score (nSPS) is 11.8. The van der Waals surface area contributed by atoms with E-state index in [9.17, 15) is 9.18 Å². The Morgan fingerprint density at radius 2 is 1.44 bits per heavy atom. The van der Waals surface area contributed by atoms with E-state index in [4.69, 9.17) is 14.2 Å². The number of nitrogens with zero attached hydrogens (tertiary/aromatic N) is 1. The lowest BCUT2D eigenvalue weighted by Crippen LogP contribution is -2.33. The van der Waals surface area contributed by atoms with Crippen molar-refractivity contribution in [2.75, 3.05) is 0 Å². The van der Waals surface area contributed by atoms with Crippen LogP contribution in [0.5, 0.6) is 17.2 Å². The molecular weight excluding hydrogens is 519 g/mol. The number of carbonyl (C=O) groups excluding carboxylic acids is 1. The van der Waals surface area contributed by atoms with Gasteiger partial charge in [-0.3, -0.25) is 4.79 Å². The van der Waals surface area contributed by atoms with E-state index in [1.54, 1.807) is 49.5 Å². The molecule has 0 fully saturated rings. The molecule has 0 bridgehead atoms. The van der Waals surface area contributed by atoms with Crippen molar-refractivity contribution in [2.24, 2.45) is 5.10 Å². The van der Waals surface area contributed by atoms with E-state index in [-0.39, 0.29) is 12.4 Å². The maximum Gasteiger partial charge on any atom is 0.280 e. The van der Waals surface area contributed by atoms with E-state index in [0.717, 1.165) is 21.9 Å². The van der Waals surface area contributed by atoms with Gasteiger partial charge in [0.15, 0.2) is 6.10 Å². The standard InChI is InChI=1S/C34H29FN2O4/c1-24(41-30-18-16-29(17-19-30)39-22-25-7-3-2-4-8-25)34(38)37-36-21-32-31-10-6-5-9-27(31)13-20-33(32)40-23-26-11-14-28(35)15-12-26/h2-21,24H,22-23H2,1H3,(H,37,38). The molecule has 0 heterocycles. The maximum absolute atomic E-state index is 13.3. The van der Waals surface area contributed by atoms with Crippen molar-refractivity contribution < 1.29 is 23.4 Å². The predicted molar refractivity (Wildman–Crippen MR) is 158 cm³/mol. The number of halogens is 1. The molecule has 7 heteroatoms. The van der Waals surface area contributed by atoms with E-state index in [1.165, 1.54) is 12.1 Å². The molecule has 41 heavy (non-hydrogen) atoms. The number of fused-ring (bicyclic) bond motifs is 1. The van der Waals surface area contributed by atoms with Crippen molar-refractivity contribution in [2.45, 2.75) is 26.2 Å². The summed E-state index contributed by atoms with van der Waals surface area (Å²) in [5.41, 5.74) is 5.18. The van der Waals surface area contributed by atoms with Gasteiger partial charge in [-0.05, 0) is 71.3 Å². The van der Waals surface area contributed by atoms with Crippen LogP contribution in [0.1, 0.15) is 23.6 Å². The molecule has 1 unspecified atom stereocenters. The highest BCUT2D eigenvalue weighted by Gasteiger charge is 2.15. The van der Waals surface area contributed by atoms with Crippen molar-refractivity contribution in [3.05, 3.63) is 138 Å². The smallest absolute Gasteiger partial charge is 0.280 e. The second kappa shape index (κ2) is 13.3. The van der Waals surface area contributed by atoms with Gasteiger partial charge in [0, 0.05) is 5.56 Å². The van der Waals surface area contributed by atoms with E-state index in [2.05, 4.69) is 10.5 Å². The van der Waals surface area contributed by atoms with Crippen molar-refractivity contribution in [1.82, 2.24) is 5.43 Å². The van der Waals surface area contributed by atoms with Crippen LogP contribution in [0.4, 0.5) is 4.39 Å². The molecular formula is C34H29FN2O4. The van der Waals surface area contributed by atoms with E-state index < -0.39 is 12.0 Å². The van der Waals surface area contributed by atoms with Gasteiger partial charge in [0.2, 0.25) is 0 Å². The maximum atomic E-state index is 13.3. The number of ether oxygens (including phenoxy) is 3. The van der Waals surface area contributed by atoms with Gasteiger partial charge in [0.1, 0.15) is 36.3 Å². The first-order valence-electron chi connectivity index (χ1n) is 13.2. The number of hydrazone groups is 1. The van der Waals surface area contributed by atoms with Crippen LogP contribution < -0.4 is 19.6 Å². The van der Waals surface area contributed by atoms with Gasteiger partial charge in [-0.15, -0.1) is 0 Å². The highest BCUT2D eigenvalue weighted by Crippen LogP contribution is 2.27. The number of hydrogen-bond acceptors (Lipinski definition) is 5. The van der Waals surface area contributed by atoms with Crippen LogP contribution in [0, 0.1) is 5.82 Å². The third kappa shape index (κ3) is 7.48. The molecule has 0 saturated heterocycles. The number of rotatable bonds is 11. The van der Waals surface area contributed by atoms with Crippen LogP contribution in [0.15, 0.2) is 120 Å². The van der Waals surface area contributed by atoms with Gasteiger partial charge in [-0.2, -0.15) is 5.10 Å². The van der Waals surface area contributed by atoms with Crippen LogP contribution in [-0.4, -0.2) is 18.2 Å². The Bertz CT molecular complexity index is 1620. The average molecular weight is 549 g/mol. The Hall–Kier alpha value is -5.17. The first-order valence-corrected chi connectivity index (χ1v) is 13.2. The molecule has 5 aromatic rings. The summed E-state index contributed by atoms with van der Waals surface area (Å²) >= 11 is 0. The van der Waals surface area contributed by atoms with Crippen LogP contribution >= 0.6 is 0 Å². The summed E-state index contributed by atoms with van der Waals surface area (Å²) in [4.78, 5) is 12.7. The predicted octanol–water partition coefficient (Wildman–Crippen LogP) is 7.05. The molecule has 5 aromatic carbocycles. The van der Waals surface area contributed by atoms with Crippen molar-refractivity contribution in [3.8, 4) is 17.2 Å². The van der Waals surface area contributed by atoms with Gasteiger partial charge in [0.05, 0.1) is 6.21 Å². The molecule has 0 aliphatic carbocycles. The minimum Gasteiger partial charge on any atom is -0.489 e. The zero-order valence-electron chi connectivity index (χ0n) is 22.5. The summed E-state index contributed by atoms with van der Waals surface area (Å²) < 4.78 is 30.9. The van der Waals surface area contributed by atoms with Gasteiger partial charge in [-0.1, -0.05) is 72.8 Å². The number of amides is 1. The van der Waals surface area contributed by atoms with E-state index in [0.29, 0.717) is 29.4 Å². The lowest BCUT2D eigenvalue weighted by Gasteiger charge is -2.14. The van der Waals surface area contributed by atoms with Crippen molar-refractivity contribution in [3.63, 3.8) is 0 Å². The Balaban J connectivity index is 1.20. The second-order valence-corrected chi connectivity index (χ2v) is 9.35. The van der Waals surface area contributed by atoms with Gasteiger partial charge in [-0.25, -0.2) is 9.82 Å². The molecule has 1 amide bonds. The van der Waals surface area contributed by atoms with Gasteiger partial charge < -0.3 is 14.2 Å². The highest BCUT2D eigenvalue weighted by molar-refractivity contribution is 6.02. The third-order valence-electron chi connectivity index (χ3n) is 6.36. The minimum absolute atomic E-state index is 0.257. The molecule has 0 aromatic heterocycles. The summed E-state index contributed by atoms with van der Waals surface area (Å²) in [7, 11) is 0. The fraction of sp³-hybridized carbons (Fsp3) is 0.118. The van der Waals surface area contributed by atoms with Crippen molar-refractivity contribution >= 4 is 22.9 Å². The monoisotopic (exact) mass is 548 g/mol. The average Bonchev–Trinajstić information content (AvgIpc) is 3.01. The molecule has 0 spiro atoms. The molecule has 0 radical (unpaired) electrons. The van der Waals surface area contributed by atoms with Crippen LogP contribution in [0.2, 0.25) is 0 Å². The largest absolute Gasteiger partial charge is 0.489 e. The SMILES string of the molecule is CC(Oc1ccc(OCc2ccccc2)cc1)C(=O)NN=Cc1c(OCc2ccc(F)cc2)ccc2ccccc12. The number of nitrogens with one attached hydrogen (secondary N) is 1. The number of benzene rings is 5. The highest BCUT2D eigenvalue weighted by atomic mass is 19.1. The van der Waals surface area contributed by atoms with Crippen LogP contribution in [-0.2, 0) is 18.0 Å². The Kier molecular flexibility index (Phi) is 8.86.